The summed E-state index contributed by atoms with van der Waals surface area (Å²) in [4.78, 5) is 32.8. The maximum absolute atomic E-state index is 13.7. The Bertz CT molecular complexity index is 1120. The Morgan fingerprint density at radius 2 is 2.10 bits per heavy atom. The molecule has 0 saturated carbocycles. The van der Waals surface area contributed by atoms with E-state index in [1.165, 1.54) is 22.2 Å². The molecule has 1 aliphatic carbocycles. The number of thioether (sulfide) groups is 1. The van der Waals surface area contributed by atoms with E-state index in [0.29, 0.717) is 17.7 Å². The fourth-order valence-electron chi connectivity index (χ4n) is 3.98. The van der Waals surface area contributed by atoms with Gasteiger partial charge in [-0.3, -0.25) is 14.2 Å². The minimum absolute atomic E-state index is 0.0398. The number of rotatable bonds is 8. The predicted molar refractivity (Wildman–Crippen MR) is 128 cm³/mol. The lowest BCUT2D eigenvalue weighted by Gasteiger charge is -2.17. The highest BCUT2D eigenvalue weighted by atomic mass is 32.2. The van der Waals surface area contributed by atoms with Crippen LogP contribution in [0.25, 0.3) is 15.9 Å². The van der Waals surface area contributed by atoms with Gasteiger partial charge in [0.05, 0.1) is 23.4 Å². The van der Waals surface area contributed by atoms with Gasteiger partial charge in [0.1, 0.15) is 4.83 Å². The Hall–Kier alpha value is -2.12. The number of benzene rings is 1. The van der Waals surface area contributed by atoms with E-state index in [1.54, 1.807) is 15.9 Å². The van der Waals surface area contributed by atoms with E-state index in [-0.39, 0.29) is 17.3 Å². The Morgan fingerprint density at radius 3 is 2.87 bits per heavy atom. The molecule has 0 N–H and O–H groups in total. The topological polar surface area (TPSA) is 61.2 Å². The van der Waals surface area contributed by atoms with Crippen LogP contribution in [0, 0.1) is 5.92 Å². The number of carbonyl (C=O) groups is 1. The van der Waals surface area contributed by atoms with Crippen molar-refractivity contribution in [2.75, 3.05) is 12.4 Å². The Labute approximate surface area is 190 Å². The molecule has 2 aromatic heterocycles. The first-order valence-electron chi connectivity index (χ1n) is 11.0. The molecule has 0 unspecified atom stereocenters. The van der Waals surface area contributed by atoms with Gasteiger partial charge in [-0.2, -0.15) is 0 Å². The lowest BCUT2D eigenvalue weighted by Crippen LogP contribution is -2.23. The van der Waals surface area contributed by atoms with E-state index in [0.717, 1.165) is 54.4 Å². The molecule has 4 rings (SSSR count). The second kappa shape index (κ2) is 10.0. The third-order valence-corrected chi connectivity index (χ3v) is 7.70. The Balaban J connectivity index is 1.68. The number of ether oxygens (including phenoxy) is 1. The number of thiophene rings is 1. The van der Waals surface area contributed by atoms with E-state index in [9.17, 15) is 9.59 Å². The summed E-state index contributed by atoms with van der Waals surface area (Å²) in [6.45, 7) is 4.82. The minimum atomic E-state index is -0.269. The molecule has 0 spiro atoms. The number of carbonyl (C=O) groups excluding carboxylic acids is 1. The number of hydrogen-bond acceptors (Lipinski definition) is 6. The molecule has 0 fully saturated rings. The number of fused-ring (bicyclic) bond motifs is 3. The number of aromatic nitrogens is 2. The summed E-state index contributed by atoms with van der Waals surface area (Å²) in [6, 6.07) is 9.56. The van der Waals surface area contributed by atoms with Crippen LogP contribution in [0.5, 0.6) is 0 Å². The van der Waals surface area contributed by atoms with Crippen LogP contribution in [0.3, 0.4) is 0 Å². The molecule has 2 heterocycles. The fraction of sp³-hybridized carbons (Fsp3) is 0.458. The normalized spacial score (nSPS) is 15.7. The summed E-state index contributed by atoms with van der Waals surface area (Å²) < 4.78 is 6.99. The van der Waals surface area contributed by atoms with Gasteiger partial charge in [-0.05, 0) is 49.3 Å². The largest absolute Gasteiger partial charge is 0.465 e. The van der Waals surface area contributed by atoms with Crippen molar-refractivity contribution in [3.05, 3.63) is 51.1 Å². The van der Waals surface area contributed by atoms with Gasteiger partial charge >= 0.3 is 5.97 Å². The Morgan fingerprint density at radius 1 is 1.29 bits per heavy atom. The summed E-state index contributed by atoms with van der Waals surface area (Å²) in [5.41, 5.74) is 1.90. The van der Waals surface area contributed by atoms with Gasteiger partial charge < -0.3 is 4.74 Å². The second-order valence-electron chi connectivity index (χ2n) is 8.12. The van der Waals surface area contributed by atoms with Gasteiger partial charge in [-0.1, -0.05) is 56.7 Å². The summed E-state index contributed by atoms with van der Waals surface area (Å²) in [6.07, 6.45) is 6.05. The van der Waals surface area contributed by atoms with E-state index in [4.69, 9.17) is 9.72 Å². The minimum Gasteiger partial charge on any atom is -0.465 e. The van der Waals surface area contributed by atoms with Crippen molar-refractivity contribution < 1.29 is 9.53 Å². The van der Waals surface area contributed by atoms with Crippen LogP contribution in [-0.2, 0) is 22.4 Å². The third-order valence-electron chi connectivity index (χ3n) is 5.64. The standard InChI is InChI=1S/C24H28N2O3S2/c1-3-4-8-13-29-20(27)15-30-24-25-22-21(18-12-11-16(2)14-19(18)31-22)23(28)26(24)17-9-6-5-7-10-17/h5-7,9-10,16H,3-4,8,11-15H2,1-2H3/t16-/m1/s1. The summed E-state index contributed by atoms with van der Waals surface area (Å²) >= 11 is 2.91. The van der Waals surface area contributed by atoms with E-state index in [2.05, 4.69) is 13.8 Å². The van der Waals surface area contributed by atoms with Crippen molar-refractivity contribution in [3.8, 4) is 5.69 Å². The average molecular weight is 457 g/mol. The molecule has 1 aromatic carbocycles. The van der Waals surface area contributed by atoms with Gasteiger partial charge in [0, 0.05) is 4.88 Å². The van der Waals surface area contributed by atoms with Crippen LogP contribution in [0.4, 0.5) is 0 Å². The van der Waals surface area contributed by atoms with Gasteiger partial charge in [-0.15, -0.1) is 11.3 Å². The number of para-hydroxylation sites is 1. The van der Waals surface area contributed by atoms with Crippen molar-refractivity contribution in [2.24, 2.45) is 5.92 Å². The Kier molecular flexibility index (Phi) is 7.13. The molecular formula is C24H28N2O3S2. The molecule has 0 bridgehead atoms. The van der Waals surface area contributed by atoms with E-state index < -0.39 is 0 Å². The molecular weight excluding hydrogens is 428 g/mol. The fourth-order valence-corrected chi connectivity index (χ4v) is 6.21. The molecule has 1 atom stereocenters. The van der Waals surface area contributed by atoms with E-state index >= 15 is 0 Å². The maximum atomic E-state index is 13.7. The average Bonchev–Trinajstić information content (AvgIpc) is 3.13. The quantitative estimate of drug-likeness (QED) is 0.197. The molecule has 0 amide bonds. The second-order valence-corrected chi connectivity index (χ2v) is 10.1. The van der Waals surface area contributed by atoms with Crippen LogP contribution < -0.4 is 5.56 Å². The lowest BCUT2D eigenvalue weighted by molar-refractivity contribution is -0.140. The van der Waals surface area contributed by atoms with Crippen molar-refractivity contribution >= 4 is 39.3 Å². The SMILES string of the molecule is CCCCCOC(=O)CSc1nc2sc3c(c2c(=O)n1-c1ccccc1)CC[C@@H](C)C3. The smallest absolute Gasteiger partial charge is 0.316 e. The number of hydrogen-bond donors (Lipinski definition) is 0. The first kappa shape index (κ1) is 22.1. The van der Waals surface area contributed by atoms with Gasteiger partial charge in [0.2, 0.25) is 0 Å². The molecule has 164 valence electrons. The molecule has 31 heavy (non-hydrogen) atoms. The molecule has 3 aromatic rings. The number of esters is 1. The van der Waals surface area contributed by atoms with Gasteiger partial charge in [0.15, 0.2) is 5.16 Å². The first-order chi connectivity index (χ1) is 15.1. The third kappa shape index (κ3) is 4.88. The number of aryl methyl sites for hydroxylation is 1. The lowest BCUT2D eigenvalue weighted by atomic mass is 9.89. The van der Waals surface area contributed by atoms with E-state index in [1.807, 2.05) is 30.3 Å². The molecule has 1 aliphatic rings. The summed E-state index contributed by atoms with van der Waals surface area (Å²) in [5, 5.41) is 1.29. The monoisotopic (exact) mass is 456 g/mol. The van der Waals surface area contributed by atoms with Crippen LogP contribution in [0.15, 0.2) is 40.3 Å². The number of unbranched alkanes of at least 4 members (excludes halogenated alkanes) is 2. The van der Waals surface area contributed by atoms with Crippen LogP contribution >= 0.6 is 23.1 Å². The first-order valence-corrected chi connectivity index (χ1v) is 12.8. The highest BCUT2D eigenvalue weighted by molar-refractivity contribution is 7.99. The maximum Gasteiger partial charge on any atom is 0.316 e. The van der Waals surface area contributed by atoms with Crippen LogP contribution in [0.2, 0.25) is 0 Å². The molecule has 7 heteroatoms. The zero-order valence-electron chi connectivity index (χ0n) is 18.1. The zero-order valence-corrected chi connectivity index (χ0v) is 19.7. The number of nitrogens with zero attached hydrogens (tertiary/aromatic N) is 2. The van der Waals surface area contributed by atoms with Gasteiger partial charge in [-0.25, -0.2) is 4.98 Å². The molecule has 0 saturated heterocycles. The van der Waals surface area contributed by atoms with Gasteiger partial charge in [0.25, 0.3) is 5.56 Å². The molecule has 0 radical (unpaired) electrons. The highest BCUT2D eigenvalue weighted by Gasteiger charge is 2.25. The van der Waals surface area contributed by atoms with Crippen LogP contribution in [0.1, 0.15) is 50.0 Å². The van der Waals surface area contributed by atoms with Crippen LogP contribution in [-0.4, -0.2) is 27.9 Å². The summed E-state index contributed by atoms with van der Waals surface area (Å²) in [5.74, 6) is 0.501. The zero-order chi connectivity index (χ0) is 21.8. The molecule has 0 aliphatic heterocycles. The summed E-state index contributed by atoms with van der Waals surface area (Å²) in [7, 11) is 0. The molecule has 5 nitrogen and oxygen atoms in total. The van der Waals surface area contributed by atoms with Crippen molar-refractivity contribution in [1.29, 1.82) is 0 Å². The van der Waals surface area contributed by atoms with Crippen molar-refractivity contribution in [2.45, 2.75) is 57.5 Å². The highest BCUT2D eigenvalue weighted by Crippen LogP contribution is 2.37. The van der Waals surface area contributed by atoms with Crippen molar-refractivity contribution in [3.63, 3.8) is 0 Å². The predicted octanol–water partition coefficient (Wildman–Crippen LogP) is 5.40. The van der Waals surface area contributed by atoms with Crippen molar-refractivity contribution in [1.82, 2.24) is 9.55 Å².